The molecule has 0 saturated carbocycles. The van der Waals surface area contributed by atoms with E-state index in [9.17, 15) is 13.2 Å². The number of rotatable bonds is 6. The number of para-hydroxylation sites is 1. The summed E-state index contributed by atoms with van der Waals surface area (Å²) in [4.78, 5) is 2.94. The van der Waals surface area contributed by atoms with E-state index in [1.54, 1.807) is 28.4 Å². The van der Waals surface area contributed by atoms with Crippen LogP contribution in [0, 0.1) is 17.5 Å². The summed E-state index contributed by atoms with van der Waals surface area (Å²) in [5.74, 6) is -1.78. The average Bonchev–Trinajstić information content (AvgIpc) is 3.72. The number of hydrogen-bond acceptors (Lipinski definition) is 2. The molecule has 2 heterocycles. The second kappa shape index (κ2) is 12.1. The van der Waals surface area contributed by atoms with Crippen molar-refractivity contribution in [1.82, 2.24) is 4.57 Å². The van der Waals surface area contributed by atoms with Crippen LogP contribution < -0.4 is 4.90 Å². The number of nitrogens with zero attached hydrogens (tertiary/aromatic N) is 2. The molecule has 0 aliphatic rings. The quantitative estimate of drug-likeness (QED) is 0.171. The fourth-order valence-electron chi connectivity index (χ4n) is 6.84. The molecule has 0 unspecified atom stereocenters. The van der Waals surface area contributed by atoms with Crippen LogP contribution in [0.2, 0.25) is 0 Å². The molecule has 9 rings (SSSR count). The third-order valence-corrected chi connectivity index (χ3v) is 10.3. The molecular formula is C44H27F3N2S. The summed E-state index contributed by atoms with van der Waals surface area (Å²) in [5, 5.41) is 3.54. The summed E-state index contributed by atoms with van der Waals surface area (Å²) >= 11 is 1.80. The van der Waals surface area contributed by atoms with Gasteiger partial charge < -0.3 is 9.47 Å². The fraction of sp³-hybridized carbons (Fsp3) is 0. The summed E-state index contributed by atoms with van der Waals surface area (Å²) in [6.45, 7) is 0. The van der Waals surface area contributed by atoms with Crippen LogP contribution >= 0.6 is 11.3 Å². The van der Waals surface area contributed by atoms with Crippen molar-refractivity contribution in [3.8, 4) is 27.3 Å². The number of halogens is 3. The molecular weight excluding hydrogens is 646 g/mol. The molecule has 50 heavy (non-hydrogen) atoms. The van der Waals surface area contributed by atoms with Crippen LogP contribution in [0.25, 0.3) is 59.1 Å². The second-order valence-corrected chi connectivity index (χ2v) is 13.4. The molecule has 0 N–H and O–H groups in total. The molecule has 240 valence electrons. The summed E-state index contributed by atoms with van der Waals surface area (Å²) in [7, 11) is 0. The fourth-order valence-corrected chi connectivity index (χ4v) is 7.90. The monoisotopic (exact) mass is 672 g/mol. The van der Waals surface area contributed by atoms with Crippen molar-refractivity contribution in [2.24, 2.45) is 0 Å². The van der Waals surface area contributed by atoms with E-state index in [0.717, 1.165) is 44.7 Å². The van der Waals surface area contributed by atoms with E-state index in [1.807, 2.05) is 30.3 Å². The van der Waals surface area contributed by atoms with E-state index in [-0.39, 0.29) is 0 Å². The Bertz CT molecular complexity index is 2620. The Morgan fingerprint density at radius 2 is 1.02 bits per heavy atom. The predicted molar refractivity (Wildman–Crippen MR) is 202 cm³/mol. The molecule has 0 amide bonds. The minimum Gasteiger partial charge on any atom is -0.310 e. The molecule has 0 radical (unpaired) electrons. The molecule has 2 aromatic heterocycles. The number of hydrogen-bond donors (Lipinski definition) is 0. The zero-order valence-corrected chi connectivity index (χ0v) is 27.3. The minimum absolute atomic E-state index is 0.298. The van der Waals surface area contributed by atoms with Gasteiger partial charge in [0, 0.05) is 43.5 Å². The van der Waals surface area contributed by atoms with Crippen molar-refractivity contribution in [3.63, 3.8) is 0 Å². The third-order valence-electron chi connectivity index (χ3n) is 9.14. The van der Waals surface area contributed by atoms with Gasteiger partial charge in [-0.3, -0.25) is 0 Å². The number of anilines is 3. The van der Waals surface area contributed by atoms with E-state index in [4.69, 9.17) is 0 Å². The van der Waals surface area contributed by atoms with Gasteiger partial charge in [0.25, 0.3) is 0 Å². The summed E-state index contributed by atoms with van der Waals surface area (Å²) in [6.07, 6.45) is 0. The van der Waals surface area contributed by atoms with Crippen molar-refractivity contribution in [1.29, 1.82) is 0 Å². The van der Waals surface area contributed by atoms with Gasteiger partial charge in [-0.2, -0.15) is 0 Å². The van der Waals surface area contributed by atoms with E-state index in [2.05, 4.69) is 95.6 Å². The smallest absolute Gasteiger partial charge is 0.128 e. The predicted octanol–water partition coefficient (Wildman–Crippen LogP) is 13.2. The normalized spacial score (nSPS) is 11.5. The van der Waals surface area contributed by atoms with Crippen molar-refractivity contribution < 1.29 is 13.2 Å². The van der Waals surface area contributed by atoms with Gasteiger partial charge in [0.1, 0.15) is 17.5 Å². The number of fused-ring (bicyclic) bond motifs is 4. The topological polar surface area (TPSA) is 8.17 Å². The van der Waals surface area contributed by atoms with Crippen LogP contribution in [-0.4, -0.2) is 4.57 Å². The highest BCUT2D eigenvalue weighted by atomic mass is 32.1. The number of thiophene rings is 1. The Morgan fingerprint density at radius 3 is 1.70 bits per heavy atom. The third kappa shape index (κ3) is 5.31. The highest BCUT2D eigenvalue weighted by molar-refractivity contribution is 7.22. The number of benzene rings is 7. The lowest BCUT2D eigenvalue weighted by Gasteiger charge is -2.25. The largest absolute Gasteiger partial charge is 0.310 e. The van der Waals surface area contributed by atoms with E-state index in [0.29, 0.717) is 17.1 Å². The van der Waals surface area contributed by atoms with Gasteiger partial charge in [-0.25, -0.2) is 13.2 Å². The zero-order valence-electron chi connectivity index (χ0n) is 26.5. The first-order valence-corrected chi connectivity index (χ1v) is 17.0. The first kappa shape index (κ1) is 30.0. The highest BCUT2D eigenvalue weighted by Crippen LogP contribution is 2.41. The van der Waals surface area contributed by atoms with Crippen LogP contribution in [-0.2, 0) is 0 Å². The molecule has 9 aromatic rings. The van der Waals surface area contributed by atoms with Gasteiger partial charge in [0.05, 0.1) is 16.7 Å². The average molecular weight is 673 g/mol. The number of aromatic nitrogens is 1. The van der Waals surface area contributed by atoms with Crippen molar-refractivity contribution >= 4 is 60.3 Å². The van der Waals surface area contributed by atoms with Crippen molar-refractivity contribution in [3.05, 3.63) is 181 Å². The summed E-state index contributed by atoms with van der Waals surface area (Å²) in [6, 6.07) is 51.5. The van der Waals surface area contributed by atoms with Gasteiger partial charge in [-0.1, -0.05) is 60.7 Å². The Labute approximate surface area is 290 Å². The maximum Gasteiger partial charge on any atom is 0.128 e. The SMILES string of the molecule is Fc1ccc(N(c2ccc(-c3ccc4c(c3)c3cc(-c5cc6ccccc6s5)ccc3n4-c3ccccc3)cc2)c2cc(F)cc(F)c2)cc1. The molecule has 2 nitrogen and oxygen atoms in total. The van der Waals surface area contributed by atoms with Crippen molar-refractivity contribution in [2.45, 2.75) is 0 Å². The maximum absolute atomic E-state index is 14.4. The summed E-state index contributed by atoms with van der Waals surface area (Å²) in [5.41, 5.74) is 8.08. The van der Waals surface area contributed by atoms with Crippen LogP contribution in [0.3, 0.4) is 0 Å². The Morgan fingerprint density at radius 1 is 0.440 bits per heavy atom. The minimum atomic E-state index is -0.692. The van der Waals surface area contributed by atoms with Crippen LogP contribution in [0.15, 0.2) is 164 Å². The van der Waals surface area contributed by atoms with Gasteiger partial charge in [-0.15, -0.1) is 11.3 Å². The van der Waals surface area contributed by atoms with E-state index < -0.39 is 17.5 Å². The first-order chi connectivity index (χ1) is 24.5. The lowest BCUT2D eigenvalue weighted by molar-refractivity contribution is 0.583. The molecule has 0 spiro atoms. The molecule has 0 atom stereocenters. The van der Waals surface area contributed by atoms with Crippen LogP contribution in [0.4, 0.5) is 30.2 Å². The second-order valence-electron chi connectivity index (χ2n) is 12.3. The Kier molecular flexibility index (Phi) is 7.25. The lowest BCUT2D eigenvalue weighted by atomic mass is 10.0. The highest BCUT2D eigenvalue weighted by Gasteiger charge is 2.17. The summed E-state index contributed by atoms with van der Waals surface area (Å²) < 4.78 is 46.1. The Hall–Kier alpha value is -6.11. The van der Waals surface area contributed by atoms with Crippen LogP contribution in [0.1, 0.15) is 0 Å². The Balaban J connectivity index is 1.17. The van der Waals surface area contributed by atoms with Crippen LogP contribution in [0.5, 0.6) is 0 Å². The molecule has 0 aliphatic heterocycles. The van der Waals surface area contributed by atoms with Gasteiger partial charge in [-0.05, 0) is 119 Å². The standard InChI is InChI=1S/C44H27F3N2S/c45-32-14-18-37(19-15-32)48(38-26-33(46)25-34(47)27-38)36-16-10-28(11-17-36)29-12-20-41-39(22-29)40-23-31(44-24-30-6-4-5-9-43(30)50-44)13-21-42(40)49(41)35-7-2-1-3-8-35/h1-27H. The zero-order chi connectivity index (χ0) is 33.8. The van der Waals surface area contributed by atoms with Gasteiger partial charge >= 0.3 is 0 Å². The molecule has 0 fully saturated rings. The maximum atomic E-state index is 14.4. The molecule has 0 aliphatic carbocycles. The lowest BCUT2D eigenvalue weighted by Crippen LogP contribution is -2.10. The van der Waals surface area contributed by atoms with Gasteiger partial charge in [0.2, 0.25) is 0 Å². The van der Waals surface area contributed by atoms with Gasteiger partial charge in [0.15, 0.2) is 0 Å². The van der Waals surface area contributed by atoms with E-state index >= 15 is 0 Å². The van der Waals surface area contributed by atoms with Crippen molar-refractivity contribution in [2.75, 3.05) is 4.90 Å². The molecule has 7 aromatic carbocycles. The molecule has 0 saturated heterocycles. The first-order valence-electron chi connectivity index (χ1n) is 16.2. The molecule has 6 heteroatoms. The molecule has 0 bridgehead atoms. The van der Waals surface area contributed by atoms with E-state index in [1.165, 1.54) is 44.8 Å².